The molecule has 1 aromatic carbocycles. The Kier molecular flexibility index (Phi) is 6.78. The lowest BCUT2D eigenvalue weighted by atomic mass is 10.3. The fourth-order valence-electron chi connectivity index (χ4n) is 1.13. The molecule has 1 atom stereocenters. The zero-order chi connectivity index (χ0) is 13.9. The molecule has 110 valence electrons. The van der Waals surface area contributed by atoms with E-state index in [1.165, 1.54) is 0 Å². The van der Waals surface area contributed by atoms with Crippen LogP contribution >= 0.6 is 12.4 Å². The molecule has 0 aromatic heterocycles. The van der Waals surface area contributed by atoms with Crippen molar-refractivity contribution in [2.75, 3.05) is 13.6 Å². The van der Waals surface area contributed by atoms with Crippen LogP contribution in [-0.2, 0) is 10.0 Å². The molecule has 9 heteroatoms. The Morgan fingerprint density at radius 3 is 2.32 bits per heavy atom. The van der Waals surface area contributed by atoms with Gasteiger partial charge in [0.1, 0.15) is 4.90 Å². The van der Waals surface area contributed by atoms with Gasteiger partial charge in [-0.05, 0) is 26.1 Å². The van der Waals surface area contributed by atoms with Gasteiger partial charge in [-0.1, -0.05) is 0 Å². The highest BCUT2D eigenvalue weighted by molar-refractivity contribution is 7.89. The minimum absolute atomic E-state index is 0. The molecule has 0 spiro atoms. The number of benzene rings is 1. The third kappa shape index (κ3) is 4.34. The first-order chi connectivity index (χ1) is 8.29. The number of rotatable bonds is 5. The highest BCUT2D eigenvalue weighted by Crippen LogP contribution is 2.19. The number of hydrogen-bond acceptors (Lipinski definition) is 3. The summed E-state index contributed by atoms with van der Waals surface area (Å²) < 4.78 is 64.4. The van der Waals surface area contributed by atoms with Crippen LogP contribution in [0.4, 0.5) is 13.2 Å². The van der Waals surface area contributed by atoms with Crippen molar-refractivity contribution in [1.82, 2.24) is 10.0 Å². The second-order valence-corrected chi connectivity index (χ2v) is 5.45. The lowest BCUT2D eigenvalue weighted by Crippen LogP contribution is -2.37. The summed E-state index contributed by atoms with van der Waals surface area (Å²) in [5, 5.41) is 2.77. The van der Waals surface area contributed by atoms with Crippen LogP contribution < -0.4 is 10.0 Å². The lowest BCUT2D eigenvalue weighted by molar-refractivity contribution is 0.431. The fourth-order valence-corrected chi connectivity index (χ4v) is 2.33. The molecule has 2 N–H and O–H groups in total. The second-order valence-electron chi connectivity index (χ2n) is 3.72. The number of halogens is 4. The summed E-state index contributed by atoms with van der Waals surface area (Å²) in [6.07, 6.45) is 0. The Labute approximate surface area is 115 Å². The standard InChI is InChI=1S/C10H13F3N2O2S.ClH/c1-6(14-2)5-15-18(16,17)8-4-3-7(11)9(12)10(8)13;/h3-4,6,14-15H,5H2,1-2H3;1H. The van der Waals surface area contributed by atoms with E-state index >= 15 is 0 Å². The van der Waals surface area contributed by atoms with E-state index in [-0.39, 0.29) is 25.0 Å². The lowest BCUT2D eigenvalue weighted by Gasteiger charge is -2.12. The topological polar surface area (TPSA) is 58.2 Å². The maximum absolute atomic E-state index is 13.3. The summed E-state index contributed by atoms with van der Waals surface area (Å²) in [6, 6.07) is 1.06. The summed E-state index contributed by atoms with van der Waals surface area (Å²) in [5.41, 5.74) is 0. The van der Waals surface area contributed by atoms with Crippen molar-refractivity contribution in [1.29, 1.82) is 0 Å². The molecule has 0 heterocycles. The molecule has 0 saturated carbocycles. The molecule has 1 aromatic rings. The van der Waals surface area contributed by atoms with Crippen LogP contribution in [-0.4, -0.2) is 28.1 Å². The average molecular weight is 319 g/mol. The van der Waals surface area contributed by atoms with Gasteiger partial charge < -0.3 is 5.32 Å². The van der Waals surface area contributed by atoms with Gasteiger partial charge in [0.05, 0.1) is 0 Å². The maximum atomic E-state index is 13.3. The Morgan fingerprint density at radius 2 is 1.79 bits per heavy atom. The van der Waals surface area contributed by atoms with Crippen molar-refractivity contribution in [2.24, 2.45) is 0 Å². The quantitative estimate of drug-likeness (QED) is 0.807. The average Bonchev–Trinajstić information content (AvgIpc) is 2.32. The van der Waals surface area contributed by atoms with E-state index in [0.717, 1.165) is 0 Å². The molecule has 0 amide bonds. The number of sulfonamides is 1. The summed E-state index contributed by atoms with van der Waals surface area (Å²) in [7, 11) is -2.58. The van der Waals surface area contributed by atoms with E-state index in [4.69, 9.17) is 0 Å². The van der Waals surface area contributed by atoms with Crippen molar-refractivity contribution < 1.29 is 21.6 Å². The van der Waals surface area contributed by atoms with Crippen LogP contribution in [0, 0.1) is 17.5 Å². The normalized spacial score (nSPS) is 12.9. The second kappa shape index (κ2) is 7.09. The Hall–Kier alpha value is -0.830. The summed E-state index contributed by atoms with van der Waals surface area (Å²) in [6.45, 7) is 1.70. The number of nitrogens with one attached hydrogen (secondary N) is 2. The maximum Gasteiger partial charge on any atom is 0.243 e. The highest BCUT2D eigenvalue weighted by atomic mass is 35.5. The Morgan fingerprint density at radius 1 is 1.21 bits per heavy atom. The van der Waals surface area contributed by atoms with Crippen LogP contribution in [0.3, 0.4) is 0 Å². The molecule has 1 rings (SSSR count). The van der Waals surface area contributed by atoms with Gasteiger partial charge in [-0.3, -0.25) is 0 Å². The third-order valence-electron chi connectivity index (χ3n) is 2.36. The van der Waals surface area contributed by atoms with Gasteiger partial charge in [0, 0.05) is 12.6 Å². The van der Waals surface area contributed by atoms with E-state index in [9.17, 15) is 21.6 Å². The van der Waals surface area contributed by atoms with Gasteiger partial charge >= 0.3 is 0 Å². The van der Waals surface area contributed by atoms with Crippen LogP contribution in [0.2, 0.25) is 0 Å². The van der Waals surface area contributed by atoms with Crippen LogP contribution in [0.15, 0.2) is 17.0 Å². The van der Waals surface area contributed by atoms with E-state index in [1.54, 1.807) is 14.0 Å². The Balaban J connectivity index is 0.00000324. The molecule has 0 aliphatic rings. The molecule has 0 saturated heterocycles. The zero-order valence-corrected chi connectivity index (χ0v) is 11.8. The van der Waals surface area contributed by atoms with E-state index in [0.29, 0.717) is 12.1 Å². The Bertz CT molecular complexity index is 540. The molecule has 1 unspecified atom stereocenters. The van der Waals surface area contributed by atoms with Gasteiger partial charge in [0.15, 0.2) is 17.5 Å². The molecule has 0 fully saturated rings. The summed E-state index contributed by atoms with van der Waals surface area (Å²) >= 11 is 0. The largest absolute Gasteiger partial charge is 0.316 e. The van der Waals surface area contributed by atoms with Crippen LogP contribution in [0.5, 0.6) is 0 Å². The van der Waals surface area contributed by atoms with Gasteiger partial charge in [-0.2, -0.15) is 0 Å². The molecule has 0 aliphatic heterocycles. The van der Waals surface area contributed by atoms with Gasteiger partial charge in [-0.25, -0.2) is 26.3 Å². The first-order valence-electron chi connectivity index (χ1n) is 5.10. The SMILES string of the molecule is CNC(C)CNS(=O)(=O)c1ccc(F)c(F)c1F.Cl. The van der Waals surface area contributed by atoms with Crippen molar-refractivity contribution in [3.8, 4) is 0 Å². The monoisotopic (exact) mass is 318 g/mol. The van der Waals surface area contributed by atoms with Gasteiger partial charge in [-0.15, -0.1) is 12.4 Å². The molecule has 4 nitrogen and oxygen atoms in total. The fraction of sp³-hybridized carbons (Fsp3) is 0.400. The molecule has 19 heavy (non-hydrogen) atoms. The smallest absolute Gasteiger partial charge is 0.243 e. The predicted molar refractivity (Wildman–Crippen MR) is 67.3 cm³/mol. The zero-order valence-electron chi connectivity index (χ0n) is 10.2. The number of hydrogen-bond donors (Lipinski definition) is 2. The minimum atomic E-state index is -4.21. The highest BCUT2D eigenvalue weighted by Gasteiger charge is 2.23. The summed E-state index contributed by atoms with van der Waals surface area (Å²) in [5.74, 6) is -4.96. The molecule has 0 radical (unpaired) electrons. The van der Waals surface area contributed by atoms with Crippen molar-refractivity contribution in [3.63, 3.8) is 0 Å². The van der Waals surface area contributed by atoms with E-state index < -0.39 is 32.4 Å². The van der Waals surface area contributed by atoms with Crippen LogP contribution in [0.1, 0.15) is 6.92 Å². The van der Waals surface area contributed by atoms with E-state index in [2.05, 4.69) is 10.0 Å². The first kappa shape index (κ1) is 18.2. The number of likely N-dealkylation sites (N-methyl/N-ethyl adjacent to an activating group) is 1. The molecular weight excluding hydrogens is 305 g/mol. The van der Waals surface area contributed by atoms with E-state index in [1.807, 2.05) is 0 Å². The predicted octanol–water partition coefficient (Wildman–Crippen LogP) is 1.41. The molecule has 0 aliphatic carbocycles. The molecule has 0 bridgehead atoms. The third-order valence-corrected chi connectivity index (χ3v) is 3.80. The molecular formula is C10H14ClF3N2O2S. The van der Waals surface area contributed by atoms with Gasteiger partial charge in [0.2, 0.25) is 10.0 Å². The van der Waals surface area contributed by atoms with Crippen molar-refractivity contribution >= 4 is 22.4 Å². The van der Waals surface area contributed by atoms with Crippen molar-refractivity contribution in [2.45, 2.75) is 17.9 Å². The van der Waals surface area contributed by atoms with Gasteiger partial charge in [0.25, 0.3) is 0 Å². The first-order valence-corrected chi connectivity index (χ1v) is 6.58. The minimum Gasteiger partial charge on any atom is -0.316 e. The summed E-state index contributed by atoms with van der Waals surface area (Å²) in [4.78, 5) is -0.912. The van der Waals surface area contributed by atoms with Crippen molar-refractivity contribution in [3.05, 3.63) is 29.6 Å². The van der Waals surface area contributed by atoms with Crippen LogP contribution in [0.25, 0.3) is 0 Å².